The summed E-state index contributed by atoms with van der Waals surface area (Å²) in [5, 5.41) is 92.6. The number of nitrogens with two attached hydrogens (primary N) is 4. The van der Waals surface area contributed by atoms with E-state index in [1.807, 2.05) is 25.0 Å². The van der Waals surface area contributed by atoms with Gasteiger partial charge in [0.25, 0.3) is 0 Å². The van der Waals surface area contributed by atoms with Gasteiger partial charge in [-0.05, 0) is 67.2 Å². The highest BCUT2D eigenvalue weighted by Gasteiger charge is 2.45. The number of halogens is 9. The summed E-state index contributed by atoms with van der Waals surface area (Å²) in [5.41, 5.74) is 23.3. The number of aliphatic imine (C=N–C) groups is 1. The van der Waals surface area contributed by atoms with E-state index in [2.05, 4.69) is 63.1 Å². The molecule has 0 bridgehead atoms. The van der Waals surface area contributed by atoms with Crippen LogP contribution in [0.15, 0.2) is 59.9 Å². The largest absolute Gasteiger partial charge is 0.490 e. The zero-order valence-electron chi connectivity index (χ0n) is 63.7. The SMILES string of the molecule is CC[C@H](C)[C@@H]1NC(=O)[C@@H](CCCN=C(N)N)NC(=O)[C@H](CC(C)C)NC(=O)[C@H]([C@H](O)C(C)C)NC(=O)[C@@H](NC(=O)[C@H](Cc2cccnc2)NC(=O)[C@H](N)C[Si](C)(C)C)[C@@H](c2ccccc2)NC(=O)[C@H](CO)NC(=O)[C@H]([C@H](O)C(N)=O)NC(=O)CNC(=O)[C@H]([C@H](C)O)NC1=O.O=C(O)C(F)(F)F.O=C(O)C(F)(F)F.O=C(O)C(F)(F)F. The van der Waals surface area contributed by atoms with Gasteiger partial charge >= 0.3 is 36.4 Å². The highest BCUT2D eigenvalue weighted by Crippen LogP contribution is 2.22. The second-order valence-corrected chi connectivity index (χ2v) is 33.2. The van der Waals surface area contributed by atoms with E-state index in [9.17, 15) is 108 Å². The fourth-order valence-electron chi connectivity index (χ4n) is 9.78. The molecule has 0 unspecified atom stereocenters. The van der Waals surface area contributed by atoms with Crippen LogP contribution in [0.4, 0.5) is 39.5 Å². The van der Waals surface area contributed by atoms with E-state index in [1.165, 1.54) is 50.5 Å². The first kappa shape index (κ1) is 104. The Balaban J connectivity index is 0.00000540. The molecule has 648 valence electrons. The molecule has 1 aliphatic heterocycles. The van der Waals surface area contributed by atoms with Gasteiger partial charge in [-0.2, -0.15) is 39.5 Å². The van der Waals surface area contributed by atoms with Gasteiger partial charge < -0.3 is 117 Å². The van der Waals surface area contributed by atoms with Crippen LogP contribution in [0.25, 0.3) is 0 Å². The number of nitrogens with zero attached hydrogens (tertiary/aromatic N) is 2. The van der Waals surface area contributed by atoms with Crippen LogP contribution in [-0.2, 0) is 78.3 Å². The molecule has 1 aromatic heterocycles. The fraction of sp³-hybridized carbons (Fsp3) is 0.591. The van der Waals surface area contributed by atoms with Crippen molar-refractivity contribution in [2.24, 2.45) is 45.7 Å². The number of carboxylic acid groups (broad SMARTS) is 3. The zero-order chi connectivity index (χ0) is 89.1. The Morgan fingerprint density at radius 1 is 0.609 bits per heavy atom. The summed E-state index contributed by atoms with van der Waals surface area (Å²) < 4.78 is 95.2. The Labute approximate surface area is 652 Å². The number of amides is 12. The summed E-state index contributed by atoms with van der Waals surface area (Å²) >= 11 is 0. The maximum absolute atomic E-state index is 15.5. The third-order valence-electron chi connectivity index (χ3n) is 15.9. The molecule has 12 amide bonds. The number of primary amides is 1. The number of pyridine rings is 1. The number of aliphatic carboxylic acids is 3. The van der Waals surface area contributed by atoms with Crippen LogP contribution < -0.4 is 81.4 Å². The molecule has 15 atom stereocenters. The Morgan fingerprint density at radius 3 is 1.54 bits per heavy atom. The third kappa shape index (κ3) is 39.1. The normalized spacial score (nSPS) is 21.8. The molecule has 0 saturated carbocycles. The summed E-state index contributed by atoms with van der Waals surface area (Å²) in [4.78, 5) is 206. The van der Waals surface area contributed by atoms with E-state index in [-0.39, 0.29) is 62.1 Å². The fourth-order valence-corrected chi connectivity index (χ4v) is 11.3. The van der Waals surface area contributed by atoms with Crippen molar-refractivity contribution in [3.63, 3.8) is 0 Å². The number of rotatable bonds is 23. The maximum Gasteiger partial charge on any atom is 0.490 e. The van der Waals surface area contributed by atoms with Crippen LogP contribution in [-0.4, -0.2) is 261 Å². The molecule has 26 N–H and O–H groups in total. The van der Waals surface area contributed by atoms with Crippen molar-refractivity contribution in [3.8, 4) is 0 Å². The van der Waals surface area contributed by atoms with Gasteiger partial charge in [-0.3, -0.25) is 67.5 Å². The number of carbonyl (C=O) groups is 15. The Morgan fingerprint density at radius 2 is 1.09 bits per heavy atom. The number of carboxylic acids is 3. The molecule has 49 heteroatoms. The second kappa shape index (κ2) is 48.3. The first-order chi connectivity index (χ1) is 52.8. The van der Waals surface area contributed by atoms with Crippen LogP contribution in [0.3, 0.4) is 0 Å². The van der Waals surface area contributed by atoms with Gasteiger partial charge in [0.15, 0.2) is 12.1 Å². The Kier molecular flexibility index (Phi) is 43.7. The number of benzene rings is 1. The number of carbonyl (C=O) groups excluding carboxylic acids is 12. The number of guanidine groups is 1. The minimum absolute atomic E-state index is 0.0177. The van der Waals surface area contributed by atoms with Crippen LogP contribution in [0.1, 0.15) is 91.3 Å². The summed E-state index contributed by atoms with van der Waals surface area (Å²) in [5.74, 6) is -24.8. The molecule has 0 spiro atoms. The lowest BCUT2D eigenvalue weighted by molar-refractivity contribution is -0.193. The Bertz CT molecular complexity index is 3580. The monoisotopic (exact) mass is 1680 g/mol. The van der Waals surface area contributed by atoms with Crippen LogP contribution in [0.2, 0.25) is 25.7 Å². The molecule has 2 heterocycles. The molecular weight excluding hydrogens is 1580 g/mol. The molecule has 0 aliphatic carbocycles. The first-order valence-corrected chi connectivity index (χ1v) is 38.4. The van der Waals surface area contributed by atoms with Gasteiger partial charge in [0.2, 0.25) is 70.9 Å². The number of hydrogen-bond acceptors (Lipinski definition) is 22. The predicted molar refractivity (Wildman–Crippen MR) is 386 cm³/mol. The highest BCUT2D eigenvalue weighted by molar-refractivity contribution is 6.76. The second-order valence-electron chi connectivity index (χ2n) is 27.7. The van der Waals surface area contributed by atoms with E-state index < -0.39 is 225 Å². The molecule has 1 aliphatic rings. The summed E-state index contributed by atoms with van der Waals surface area (Å²) in [6, 6.07) is -8.90. The minimum Gasteiger partial charge on any atom is -0.475 e. The van der Waals surface area contributed by atoms with Crippen molar-refractivity contribution in [3.05, 3.63) is 66.0 Å². The van der Waals surface area contributed by atoms with Gasteiger partial charge in [0.05, 0.1) is 37.4 Å². The molecule has 39 nitrogen and oxygen atoms in total. The molecule has 0 radical (unpaired) electrons. The standard InChI is InChI=1S/C60H97N17O16Si.3C2HF3O2/c1-11-31(6)41-56(90)74-42(32(7)79)55(89)67-26-40(80)72-46(48(82)49(62)83)59(93)71-39(27-78)54(88)75-43(34-18-13-12-14-19-34)44(76-53(87)38(24-33-17-15-21-65-25-33)69-50(84)35(61)28-94(8,9)10)57(91)77-45(47(81)30(4)5)58(92)70-37(23-29(2)3)52(86)68-36(51(85)73-41)20-16-22-66-60(63)64;3*3-2(4,5)1(6)7/h12-15,17-19,21,25,29-32,35-39,41-48,78-79,81-82H,11,16,20,22-24,26-28,61H2,1-10H3,(H2,62,83)(H,67,89)(H,68,86)(H,69,84)(H,70,92)(H,71,93)(H,72,80)(H,73,85)(H,74,90)(H,75,88)(H,76,87)(H,77,91)(H4,63,64,66);3*(H,6,7)/t31-,32-,35+,36+,37-,38-,39-,41-,42-,43+,44-,45-,46-,47+,48-;;;/m0.../s1. The maximum atomic E-state index is 15.5. The summed E-state index contributed by atoms with van der Waals surface area (Å²) in [6.45, 7) is 14.3. The van der Waals surface area contributed by atoms with E-state index >= 15 is 9.59 Å². The van der Waals surface area contributed by atoms with Crippen molar-refractivity contribution in [2.45, 2.75) is 210 Å². The number of alkyl halides is 9. The van der Waals surface area contributed by atoms with Crippen molar-refractivity contribution in [1.29, 1.82) is 0 Å². The first-order valence-electron chi connectivity index (χ1n) is 34.7. The third-order valence-corrected chi connectivity index (χ3v) is 17.6. The summed E-state index contributed by atoms with van der Waals surface area (Å²) in [6.07, 6.45) is -18.8. The lowest BCUT2D eigenvalue weighted by Crippen LogP contribution is -2.65. The number of aliphatic hydroxyl groups is 4. The average Bonchev–Trinajstić information content (AvgIpc) is 0.810. The molecule has 1 fully saturated rings. The Hall–Kier alpha value is -10.9. The predicted octanol–water partition coefficient (Wildman–Crippen LogP) is -4.08. The van der Waals surface area contributed by atoms with E-state index in [1.54, 1.807) is 45.9 Å². The lowest BCUT2D eigenvalue weighted by Gasteiger charge is -2.34. The number of hydrogen-bond donors (Lipinski definition) is 22. The van der Waals surface area contributed by atoms with Crippen molar-refractivity contribution >= 4 is 103 Å². The van der Waals surface area contributed by atoms with E-state index in [4.69, 9.17) is 52.6 Å². The average molecular weight is 1680 g/mol. The quantitative estimate of drug-likeness (QED) is 0.0165. The van der Waals surface area contributed by atoms with Gasteiger partial charge in [-0.1, -0.05) is 104 Å². The van der Waals surface area contributed by atoms with Crippen LogP contribution >= 0.6 is 0 Å². The topological polar surface area (TPSA) is 659 Å². The van der Waals surface area contributed by atoms with Crippen molar-refractivity contribution < 1.29 is 147 Å². The van der Waals surface area contributed by atoms with Gasteiger partial charge in [0, 0.05) is 33.4 Å². The summed E-state index contributed by atoms with van der Waals surface area (Å²) in [7, 11) is -2.03. The number of nitrogens with one attached hydrogen (secondary N) is 11. The van der Waals surface area contributed by atoms with Crippen LogP contribution in [0, 0.1) is 17.8 Å². The van der Waals surface area contributed by atoms with Crippen molar-refractivity contribution in [2.75, 3.05) is 19.7 Å². The lowest BCUT2D eigenvalue weighted by atomic mass is 9.94. The molecule has 1 aromatic carbocycles. The number of aliphatic hydroxyl groups excluding tert-OH is 4. The molecule has 2 aromatic rings. The molecular formula is C66H100F9N17O22Si. The highest BCUT2D eigenvalue weighted by atomic mass is 28.3. The molecule has 115 heavy (non-hydrogen) atoms. The minimum atomic E-state index is -5.08. The van der Waals surface area contributed by atoms with Gasteiger partial charge in [0.1, 0.15) is 54.4 Å². The molecule has 1 saturated heterocycles. The van der Waals surface area contributed by atoms with Gasteiger partial charge in [-0.15, -0.1) is 0 Å². The zero-order valence-corrected chi connectivity index (χ0v) is 64.7. The van der Waals surface area contributed by atoms with E-state index in [0.29, 0.717) is 5.56 Å². The smallest absolute Gasteiger partial charge is 0.475 e. The molecule has 3 rings (SSSR count). The van der Waals surface area contributed by atoms with Gasteiger partial charge in [-0.25, -0.2) is 14.4 Å². The van der Waals surface area contributed by atoms with Crippen molar-refractivity contribution in [1.82, 2.24) is 63.5 Å². The van der Waals surface area contributed by atoms with E-state index in [0.717, 1.165) is 6.92 Å². The number of aromatic nitrogens is 1. The van der Waals surface area contributed by atoms with Crippen LogP contribution in [0.5, 0.6) is 0 Å².